The average molecular weight is 435 g/mol. The summed E-state index contributed by atoms with van der Waals surface area (Å²) in [4.78, 5) is 4.78. The standard InChI is InChI=1S/C21H30N4O4S/c1-4-22-21(23-15-17-7-5-9-19(13-17)29-3)24-16-18-8-6-10-20(14-18)30(26,27)25-11-12-28-2/h5-10,13-14,25H,4,11-12,15-16H2,1-3H3,(H2,22,23,24). The molecule has 0 saturated carbocycles. The Morgan fingerprint density at radius 1 is 1.03 bits per heavy atom. The van der Waals surface area contributed by atoms with Crippen LogP contribution in [-0.4, -0.2) is 48.3 Å². The molecule has 0 fully saturated rings. The quantitative estimate of drug-likeness (QED) is 0.284. The van der Waals surface area contributed by atoms with Crippen LogP contribution in [-0.2, 0) is 27.8 Å². The number of nitrogens with zero attached hydrogens (tertiary/aromatic N) is 1. The van der Waals surface area contributed by atoms with Gasteiger partial charge in [-0.1, -0.05) is 24.3 Å². The first-order chi connectivity index (χ1) is 14.5. The van der Waals surface area contributed by atoms with E-state index in [1.165, 1.54) is 7.11 Å². The summed E-state index contributed by atoms with van der Waals surface area (Å²) >= 11 is 0. The molecule has 2 aromatic carbocycles. The fourth-order valence-electron chi connectivity index (χ4n) is 2.65. The van der Waals surface area contributed by atoms with E-state index in [2.05, 4.69) is 20.3 Å². The minimum Gasteiger partial charge on any atom is -0.497 e. The zero-order chi connectivity index (χ0) is 21.8. The highest BCUT2D eigenvalue weighted by atomic mass is 32.2. The van der Waals surface area contributed by atoms with Gasteiger partial charge in [0, 0.05) is 26.7 Å². The molecule has 0 radical (unpaired) electrons. The lowest BCUT2D eigenvalue weighted by molar-refractivity contribution is 0.204. The van der Waals surface area contributed by atoms with Crippen molar-refractivity contribution in [2.45, 2.75) is 24.9 Å². The van der Waals surface area contributed by atoms with E-state index in [1.807, 2.05) is 37.3 Å². The molecule has 3 N–H and O–H groups in total. The zero-order valence-electron chi connectivity index (χ0n) is 17.6. The van der Waals surface area contributed by atoms with Crippen LogP contribution in [0, 0.1) is 0 Å². The number of hydrogen-bond acceptors (Lipinski definition) is 5. The van der Waals surface area contributed by atoms with Crippen LogP contribution in [0.5, 0.6) is 5.75 Å². The molecule has 164 valence electrons. The summed E-state index contributed by atoms with van der Waals surface area (Å²) in [5.74, 6) is 1.44. The van der Waals surface area contributed by atoms with Crippen LogP contribution in [0.4, 0.5) is 0 Å². The number of benzene rings is 2. The summed E-state index contributed by atoms with van der Waals surface area (Å²) < 4.78 is 37.4. The number of hydrogen-bond donors (Lipinski definition) is 3. The summed E-state index contributed by atoms with van der Waals surface area (Å²) in [6.45, 7) is 4.16. The number of methoxy groups -OCH3 is 2. The Balaban J connectivity index is 2.04. The van der Waals surface area contributed by atoms with Crippen LogP contribution in [0.1, 0.15) is 18.1 Å². The topological polar surface area (TPSA) is 101 Å². The first-order valence-electron chi connectivity index (χ1n) is 9.71. The fourth-order valence-corrected chi connectivity index (χ4v) is 3.74. The van der Waals surface area contributed by atoms with Gasteiger partial charge in [-0.15, -0.1) is 0 Å². The smallest absolute Gasteiger partial charge is 0.240 e. The number of guanidine groups is 1. The number of rotatable bonds is 11. The molecule has 0 unspecified atom stereocenters. The summed E-state index contributed by atoms with van der Waals surface area (Å²) in [7, 11) is -0.415. The molecule has 0 amide bonds. The Hall–Kier alpha value is -2.62. The number of aliphatic imine (C=N–C) groups is 1. The van der Waals surface area contributed by atoms with Crippen molar-refractivity contribution in [1.29, 1.82) is 0 Å². The maximum atomic E-state index is 12.4. The van der Waals surface area contributed by atoms with Gasteiger partial charge in [0.2, 0.25) is 10.0 Å². The van der Waals surface area contributed by atoms with Crippen LogP contribution >= 0.6 is 0 Å². The van der Waals surface area contributed by atoms with Gasteiger partial charge in [0.25, 0.3) is 0 Å². The van der Waals surface area contributed by atoms with E-state index in [1.54, 1.807) is 25.3 Å². The third-order valence-corrected chi connectivity index (χ3v) is 5.62. The number of nitrogens with one attached hydrogen (secondary N) is 3. The second-order valence-electron chi connectivity index (χ2n) is 6.44. The van der Waals surface area contributed by atoms with Crippen molar-refractivity contribution in [2.24, 2.45) is 4.99 Å². The van der Waals surface area contributed by atoms with Gasteiger partial charge in [-0.25, -0.2) is 18.1 Å². The maximum absolute atomic E-state index is 12.4. The van der Waals surface area contributed by atoms with Gasteiger partial charge in [-0.3, -0.25) is 0 Å². The second kappa shape index (κ2) is 12.2. The summed E-state index contributed by atoms with van der Waals surface area (Å²) in [6, 6.07) is 14.6. The monoisotopic (exact) mass is 434 g/mol. The summed E-state index contributed by atoms with van der Waals surface area (Å²) in [6.07, 6.45) is 0. The molecule has 0 bridgehead atoms. The van der Waals surface area contributed by atoms with Crippen LogP contribution in [0.2, 0.25) is 0 Å². The zero-order valence-corrected chi connectivity index (χ0v) is 18.5. The Bertz CT molecular complexity index is 932. The predicted molar refractivity (Wildman–Crippen MR) is 118 cm³/mol. The van der Waals surface area contributed by atoms with E-state index in [-0.39, 0.29) is 11.4 Å². The SMILES string of the molecule is CCNC(=NCc1cccc(S(=O)(=O)NCCOC)c1)NCc1cccc(OC)c1. The van der Waals surface area contributed by atoms with Gasteiger partial charge in [-0.05, 0) is 42.3 Å². The van der Waals surface area contributed by atoms with Crippen molar-refractivity contribution in [3.8, 4) is 5.75 Å². The lowest BCUT2D eigenvalue weighted by atomic mass is 10.2. The Morgan fingerprint density at radius 3 is 2.53 bits per heavy atom. The summed E-state index contributed by atoms with van der Waals surface area (Å²) in [5, 5.41) is 6.47. The van der Waals surface area contributed by atoms with Crippen molar-refractivity contribution in [1.82, 2.24) is 15.4 Å². The van der Waals surface area contributed by atoms with E-state index in [0.29, 0.717) is 32.2 Å². The van der Waals surface area contributed by atoms with Crippen LogP contribution in [0.15, 0.2) is 58.4 Å². The van der Waals surface area contributed by atoms with Gasteiger partial charge in [0.15, 0.2) is 5.96 Å². The Labute approximate surface area is 178 Å². The molecule has 0 spiro atoms. The molecule has 0 heterocycles. The molecule has 8 nitrogen and oxygen atoms in total. The maximum Gasteiger partial charge on any atom is 0.240 e. The number of ether oxygens (including phenoxy) is 2. The molecule has 2 rings (SSSR count). The normalized spacial score (nSPS) is 11.9. The number of sulfonamides is 1. The van der Waals surface area contributed by atoms with Crippen molar-refractivity contribution < 1.29 is 17.9 Å². The van der Waals surface area contributed by atoms with Crippen LogP contribution in [0.25, 0.3) is 0 Å². The highest BCUT2D eigenvalue weighted by Crippen LogP contribution is 2.13. The van der Waals surface area contributed by atoms with E-state index < -0.39 is 10.0 Å². The molecular formula is C21H30N4O4S. The Kier molecular flexibility index (Phi) is 9.59. The highest BCUT2D eigenvalue weighted by Gasteiger charge is 2.13. The lowest BCUT2D eigenvalue weighted by Gasteiger charge is -2.12. The van der Waals surface area contributed by atoms with Crippen LogP contribution in [0.3, 0.4) is 0 Å². The van der Waals surface area contributed by atoms with Crippen molar-refractivity contribution in [3.05, 3.63) is 59.7 Å². The van der Waals surface area contributed by atoms with Gasteiger partial charge < -0.3 is 20.1 Å². The van der Waals surface area contributed by atoms with Crippen LogP contribution < -0.4 is 20.1 Å². The fraction of sp³-hybridized carbons (Fsp3) is 0.381. The third kappa shape index (κ3) is 7.66. The second-order valence-corrected chi connectivity index (χ2v) is 8.21. The molecule has 0 saturated heterocycles. The highest BCUT2D eigenvalue weighted by molar-refractivity contribution is 7.89. The van der Waals surface area contributed by atoms with E-state index in [4.69, 9.17) is 9.47 Å². The molecule has 30 heavy (non-hydrogen) atoms. The molecule has 0 atom stereocenters. The third-order valence-electron chi connectivity index (χ3n) is 4.17. The first kappa shape index (κ1) is 23.7. The summed E-state index contributed by atoms with van der Waals surface area (Å²) in [5.41, 5.74) is 1.86. The first-order valence-corrected chi connectivity index (χ1v) is 11.2. The van der Waals surface area contributed by atoms with Crippen molar-refractivity contribution in [3.63, 3.8) is 0 Å². The van der Waals surface area contributed by atoms with Gasteiger partial charge in [-0.2, -0.15) is 0 Å². The van der Waals surface area contributed by atoms with Crippen molar-refractivity contribution >= 4 is 16.0 Å². The molecule has 2 aromatic rings. The van der Waals surface area contributed by atoms with Gasteiger partial charge in [0.05, 0.1) is 25.2 Å². The molecular weight excluding hydrogens is 404 g/mol. The lowest BCUT2D eigenvalue weighted by Crippen LogP contribution is -2.36. The minimum absolute atomic E-state index is 0.209. The Morgan fingerprint density at radius 2 is 1.80 bits per heavy atom. The molecule has 0 aliphatic heterocycles. The molecule has 0 aliphatic rings. The molecule has 9 heteroatoms. The van der Waals surface area contributed by atoms with E-state index in [0.717, 1.165) is 16.9 Å². The van der Waals surface area contributed by atoms with Gasteiger partial charge >= 0.3 is 0 Å². The van der Waals surface area contributed by atoms with Gasteiger partial charge in [0.1, 0.15) is 5.75 Å². The van der Waals surface area contributed by atoms with Crippen molar-refractivity contribution in [2.75, 3.05) is 33.9 Å². The van der Waals surface area contributed by atoms with E-state index in [9.17, 15) is 8.42 Å². The minimum atomic E-state index is -3.58. The van der Waals surface area contributed by atoms with E-state index >= 15 is 0 Å². The molecule has 0 aromatic heterocycles. The predicted octanol–water partition coefficient (Wildman–Crippen LogP) is 1.88. The molecule has 0 aliphatic carbocycles. The average Bonchev–Trinajstić information content (AvgIpc) is 2.76. The largest absolute Gasteiger partial charge is 0.497 e.